The Kier molecular flexibility index (Phi) is 5.73. The van der Waals surface area contributed by atoms with Gasteiger partial charge in [-0.25, -0.2) is 9.78 Å². The molecule has 2 aromatic heterocycles. The molecule has 9 nitrogen and oxygen atoms in total. The minimum absolute atomic E-state index is 0.00781. The van der Waals surface area contributed by atoms with Gasteiger partial charge in [0.15, 0.2) is 0 Å². The van der Waals surface area contributed by atoms with E-state index in [1.807, 2.05) is 0 Å². The minimum Gasteiger partial charge on any atom is -0.462 e. The van der Waals surface area contributed by atoms with Crippen molar-refractivity contribution in [1.82, 2.24) is 14.5 Å². The summed E-state index contributed by atoms with van der Waals surface area (Å²) < 4.78 is 11.6. The molecule has 1 fully saturated rings. The standard InChI is InChI=1S/C20H24N4O5/c1-4-28-19(27)15-13(2)29-17-16(15)18(26)24(12-22-17)10-14(25)23(3)20(11-21)8-6-5-7-9-20/h12H,4-10H2,1-3H3. The maximum absolute atomic E-state index is 13.0. The number of rotatable bonds is 5. The first-order chi connectivity index (χ1) is 13.8. The molecule has 1 aliphatic carbocycles. The van der Waals surface area contributed by atoms with Gasteiger partial charge in [-0.1, -0.05) is 19.3 Å². The summed E-state index contributed by atoms with van der Waals surface area (Å²) in [6, 6.07) is 2.30. The third-order valence-electron chi connectivity index (χ3n) is 5.54. The molecule has 0 atom stereocenters. The number of likely N-dealkylation sites (N-methyl/N-ethyl adjacent to an activating group) is 1. The summed E-state index contributed by atoms with van der Waals surface area (Å²) in [6.07, 6.45) is 5.26. The molecule has 154 valence electrons. The van der Waals surface area contributed by atoms with E-state index in [0.717, 1.165) is 23.8 Å². The molecular formula is C20H24N4O5. The summed E-state index contributed by atoms with van der Waals surface area (Å²) in [4.78, 5) is 43.6. The van der Waals surface area contributed by atoms with E-state index in [1.54, 1.807) is 20.9 Å². The Morgan fingerprint density at radius 3 is 2.69 bits per heavy atom. The Morgan fingerprint density at radius 2 is 2.07 bits per heavy atom. The fourth-order valence-corrected chi connectivity index (χ4v) is 3.85. The Morgan fingerprint density at radius 1 is 1.38 bits per heavy atom. The number of ether oxygens (including phenoxy) is 1. The van der Waals surface area contributed by atoms with E-state index < -0.39 is 17.1 Å². The molecule has 0 radical (unpaired) electrons. The number of fused-ring (bicyclic) bond motifs is 1. The van der Waals surface area contributed by atoms with Gasteiger partial charge in [-0.05, 0) is 26.7 Å². The average Bonchev–Trinajstić information content (AvgIpc) is 3.07. The van der Waals surface area contributed by atoms with E-state index in [2.05, 4.69) is 11.1 Å². The second-order valence-electron chi connectivity index (χ2n) is 7.27. The van der Waals surface area contributed by atoms with Gasteiger partial charge in [-0.3, -0.25) is 14.2 Å². The number of esters is 1. The SMILES string of the molecule is CCOC(=O)c1c(C)oc2ncn(CC(=O)N(C)C3(C#N)CCCCC3)c(=O)c12. The van der Waals surface area contributed by atoms with Crippen LogP contribution in [0.1, 0.15) is 55.1 Å². The van der Waals surface area contributed by atoms with Crippen molar-refractivity contribution in [3.8, 4) is 6.07 Å². The maximum Gasteiger partial charge on any atom is 0.342 e. The maximum atomic E-state index is 13.0. The van der Waals surface area contributed by atoms with Crippen LogP contribution < -0.4 is 5.56 Å². The van der Waals surface area contributed by atoms with Gasteiger partial charge < -0.3 is 14.1 Å². The molecule has 3 rings (SSSR count). The molecule has 29 heavy (non-hydrogen) atoms. The van der Waals surface area contributed by atoms with Crippen LogP contribution in [0.3, 0.4) is 0 Å². The fourth-order valence-electron chi connectivity index (χ4n) is 3.85. The summed E-state index contributed by atoms with van der Waals surface area (Å²) in [7, 11) is 1.60. The molecule has 2 aromatic rings. The highest BCUT2D eigenvalue weighted by Gasteiger charge is 2.39. The van der Waals surface area contributed by atoms with Gasteiger partial charge in [0.05, 0.1) is 12.7 Å². The summed E-state index contributed by atoms with van der Waals surface area (Å²) in [5.74, 6) is -0.807. The number of nitrogens with zero attached hydrogens (tertiary/aromatic N) is 4. The van der Waals surface area contributed by atoms with E-state index >= 15 is 0 Å². The monoisotopic (exact) mass is 400 g/mol. The normalized spacial score (nSPS) is 15.7. The van der Waals surface area contributed by atoms with Gasteiger partial charge in [0.2, 0.25) is 11.6 Å². The van der Waals surface area contributed by atoms with Crippen molar-refractivity contribution in [2.75, 3.05) is 13.7 Å². The largest absolute Gasteiger partial charge is 0.462 e. The van der Waals surface area contributed by atoms with Crippen molar-refractivity contribution in [3.63, 3.8) is 0 Å². The van der Waals surface area contributed by atoms with E-state index in [1.165, 1.54) is 11.2 Å². The lowest BCUT2D eigenvalue weighted by molar-refractivity contribution is -0.135. The van der Waals surface area contributed by atoms with Crippen LogP contribution in [-0.2, 0) is 16.1 Å². The van der Waals surface area contributed by atoms with Gasteiger partial charge in [-0.2, -0.15) is 5.26 Å². The Labute approximate surface area is 167 Å². The number of aryl methyl sites for hydroxylation is 1. The number of aromatic nitrogens is 2. The summed E-state index contributed by atoms with van der Waals surface area (Å²) in [5, 5.41) is 9.68. The Balaban J connectivity index is 1.94. The van der Waals surface area contributed by atoms with E-state index in [9.17, 15) is 19.6 Å². The van der Waals surface area contributed by atoms with Crippen LogP contribution in [0.5, 0.6) is 0 Å². The number of amides is 1. The lowest BCUT2D eigenvalue weighted by Gasteiger charge is -2.39. The van der Waals surface area contributed by atoms with E-state index in [0.29, 0.717) is 12.8 Å². The van der Waals surface area contributed by atoms with Crippen LogP contribution in [0.4, 0.5) is 0 Å². The second kappa shape index (κ2) is 8.07. The van der Waals surface area contributed by atoms with Crippen LogP contribution in [-0.4, -0.2) is 45.5 Å². The predicted molar refractivity (Wildman–Crippen MR) is 103 cm³/mol. The number of nitriles is 1. The lowest BCUT2D eigenvalue weighted by atomic mass is 9.81. The molecule has 1 amide bonds. The third kappa shape index (κ3) is 3.62. The summed E-state index contributed by atoms with van der Waals surface area (Å²) in [5.41, 5.74) is -1.37. The molecular weight excluding hydrogens is 376 g/mol. The van der Waals surface area contributed by atoms with Crippen molar-refractivity contribution < 1.29 is 18.7 Å². The molecule has 0 N–H and O–H groups in total. The van der Waals surface area contributed by atoms with Gasteiger partial charge in [-0.15, -0.1) is 0 Å². The Bertz CT molecular complexity index is 1040. The first-order valence-corrected chi connectivity index (χ1v) is 9.68. The first-order valence-electron chi connectivity index (χ1n) is 9.68. The first kappa shape index (κ1) is 20.6. The van der Waals surface area contributed by atoms with Crippen LogP contribution in [0.15, 0.2) is 15.5 Å². The number of furan rings is 1. The van der Waals surface area contributed by atoms with Crippen molar-refractivity contribution in [2.24, 2.45) is 0 Å². The molecule has 1 saturated carbocycles. The molecule has 2 heterocycles. The molecule has 0 unspecified atom stereocenters. The van der Waals surface area contributed by atoms with Crippen molar-refractivity contribution >= 4 is 23.0 Å². The van der Waals surface area contributed by atoms with Crippen LogP contribution in [0, 0.1) is 18.3 Å². The van der Waals surface area contributed by atoms with Crippen LogP contribution >= 0.6 is 0 Å². The summed E-state index contributed by atoms with van der Waals surface area (Å²) in [6.45, 7) is 3.08. The quantitative estimate of drug-likeness (QED) is 0.706. The average molecular weight is 400 g/mol. The zero-order chi connectivity index (χ0) is 21.2. The van der Waals surface area contributed by atoms with Gasteiger partial charge in [0.1, 0.15) is 35.1 Å². The van der Waals surface area contributed by atoms with Crippen molar-refractivity contribution in [2.45, 2.75) is 58.0 Å². The minimum atomic E-state index is -0.848. The van der Waals surface area contributed by atoms with Crippen LogP contribution in [0.2, 0.25) is 0 Å². The number of carbonyl (C=O) groups is 2. The molecule has 9 heteroatoms. The lowest BCUT2D eigenvalue weighted by Crippen LogP contribution is -2.51. The fraction of sp³-hybridized carbons (Fsp3) is 0.550. The highest BCUT2D eigenvalue weighted by atomic mass is 16.5. The molecule has 0 aromatic carbocycles. The molecule has 0 spiro atoms. The highest BCUT2D eigenvalue weighted by molar-refractivity contribution is 6.03. The number of hydrogen-bond donors (Lipinski definition) is 0. The van der Waals surface area contributed by atoms with Crippen molar-refractivity contribution in [3.05, 3.63) is 28.0 Å². The Hall–Kier alpha value is -3.15. The van der Waals surface area contributed by atoms with E-state index in [4.69, 9.17) is 9.15 Å². The topological polar surface area (TPSA) is 118 Å². The van der Waals surface area contributed by atoms with E-state index in [-0.39, 0.29) is 41.5 Å². The van der Waals surface area contributed by atoms with Gasteiger partial charge in [0.25, 0.3) is 5.56 Å². The molecule has 0 aliphatic heterocycles. The third-order valence-corrected chi connectivity index (χ3v) is 5.54. The predicted octanol–water partition coefficient (Wildman–Crippen LogP) is 2.16. The van der Waals surface area contributed by atoms with Gasteiger partial charge in [0, 0.05) is 7.05 Å². The molecule has 0 bridgehead atoms. The molecule has 1 aliphatic rings. The zero-order valence-corrected chi connectivity index (χ0v) is 16.9. The summed E-state index contributed by atoms with van der Waals surface area (Å²) >= 11 is 0. The zero-order valence-electron chi connectivity index (χ0n) is 16.9. The number of hydrogen-bond acceptors (Lipinski definition) is 7. The highest BCUT2D eigenvalue weighted by Crippen LogP contribution is 2.32. The van der Waals surface area contributed by atoms with Crippen LogP contribution in [0.25, 0.3) is 11.1 Å². The van der Waals surface area contributed by atoms with Gasteiger partial charge >= 0.3 is 5.97 Å². The smallest absolute Gasteiger partial charge is 0.342 e. The number of carbonyl (C=O) groups excluding carboxylic acids is 2. The van der Waals surface area contributed by atoms with Crippen molar-refractivity contribution in [1.29, 1.82) is 5.26 Å². The second-order valence-corrected chi connectivity index (χ2v) is 7.27. The molecule has 0 saturated heterocycles.